The van der Waals surface area contributed by atoms with Gasteiger partial charge in [0.1, 0.15) is 12.2 Å². The highest BCUT2D eigenvalue weighted by atomic mass is 35.5. The molecule has 1 aliphatic heterocycles. The number of rotatable bonds is 8. The molecule has 1 aliphatic rings. The van der Waals surface area contributed by atoms with Crippen molar-refractivity contribution in [3.63, 3.8) is 0 Å². The smallest absolute Gasteiger partial charge is 0.332 e. The second-order valence-corrected chi connectivity index (χ2v) is 9.35. The molecule has 0 saturated carbocycles. The maximum Gasteiger partial charge on any atom is 0.332 e. The number of piperidine rings is 1. The third kappa shape index (κ3) is 5.13. The number of aryl methyl sites for hydroxylation is 1. The van der Waals surface area contributed by atoms with Crippen LogP contribution < -0.4 is 16.6 Å². The van der Waals surface area contributed by atoms with E-state index in [1.165, 1.54) is 10.1 Å². The molecule has 8 nitrogen and oxygen atoms in total. The SMILES string of the molecule is CCn1c(=O)c2ccn(CC(=O)NCC3CCN(Cc4cccc(Cl)c4)CC3)c2n(CC)c1=O. The van der Waals surface area contributed by atoms with Gasteiger partial charge >= 0.3 is 5.69 Å². The summed E-state index contributed by atoms with van der Waals surface area (Å²) in [5.74, 6) is 0.320. The molecule has 0 spiro atoms. The van der Waals surface area contributed by atoms with Crippen LogP contribution in [0.4, 0.5) is 0 Å². The van der Waals surface area contributed by atoms with Gasteiger partial charge in [-0.05, 0) is 69.5 Å². The molecule has 1 N–H and O–H groups in total. The summed E-state index contributed by atoms with van der Waals surface area (Å²) in [6.45, 7) is 7.95. The zero-order valence-electron chi connectivity index (χ0n) is 19.8. The Labute approximate surface area is 203 Å². The molecule has 0 bridgehead atoms. The number of hydrogen-bond acceptors (Lipinski definition) is 4. The van der Waals surface area contributed by atoms with Gasteiger partial charge in [-0.3, -0.25) is 23.6 Å². The minimum absolute atomic E-state index is 0.0755. The number of carbonyl (C=O) groups excluding carboxylic acids is 1. The molecule has 0 atom stereocenters. The van der Waals surface area contributed by atoms with Crippen molar-refractivity contribution in [2.75, 3.05) is 19.6 Å². The number of likely N-dealkylation sites (tertiary alicyclic amines) is 1. The molecule has 3 heterocycles. The van der Waals surface area contributed by atoms with Gasteiger partial charge in [0.2, 0.25) is 5.91 Å². The fourth-order valence-electron chi connectivity index (χ4n) is 4.80. The van der Waals surface area contributed by atoms with Gasteiger partial charge < -0.3 is 9.88 Å². The summed E-state index contributed by atoms with van der Waals surface area (Å²) in [7, 11) is 0. The standard InChI is InChI=1S/C25H32ClN5O3/c1-3-30-23-21(24(33)31(4-2)25(30)34)10-13-29(23)17-22(32)27-15-18-8-11-28(12-9-18)16-19-6-5-7-20(26)14-19/h5-7,10,13-14,18H,3-4,8-9,11-12,15-17H2,1-2H3,(H,27,32). The van der Waals surface area contributed by atoms with Crippen LogP contribution in [0.15, 0.2) is 46.1 Å². The molecule has 1 aromatic carbocycles. The first-order valence-electron chi connectivity index (χ1n) is 12.0. The van der Waals surface area contributed by atoms with Gasteiger partial charge in [-0.1, -0.05) is 23.7 Å². The first-order valence-corrected chi connectivity index (χ1v) is 12.3. The first kappa shape index (κ1) is 24.3. The fraction of sp³-hybridized carbons (Fsp3) is 0.480. The number of benzene rings is 1. The molecule has 4 rings (SSSR count). The second kappa shape index (κ2) is 10.6. The van der Waals surface area contributed by atoms with Crippen LogP contribution in [0.25, 0.3) is 11.0 Å². The molecular formula is C25H32ClN5O3. The van der Waals surface area contributed by atoms with Crippen LogP contribution in [0.5, 0.6) is 0 Å². The van der Waals surface area contributed by atoms with E-state index < -0.39 is 0 Å². The van der Waals surface area contributed by atoms with Crippen LogP contribution in [0.3, 0.4) is 0 Å². The first-order chi connectivity index (χ1) is 16.4. The number of nitrogens with zero attached hydrogens (tertiary/aromatic N) is 4. The van der Waals surface area contributed by atoms with E-state index in [9.17, 15) is 14.4 Å². The van der Waals surface area contributed by atoms with Crippen molar-refractivity contribution < 1.29 is 4.79 Å². The summed E-state index contributed by atoms with van der Waals surface area (Å²) in [5.41, 5.74) is 1.07. The molecule has 0 radical (unpaired) electrons. The Balaban J connectivity index is 1.33. The van der Waals surface area contributed by atoms with E-state index in [1.807, 2.05) is 25.1 Å². The summed E-state index contributed by atoms with van der Waals surface area (Å²) in [6.07, 6.45) is 3.77. The van der Waals surface area contributed by atoms with Crippen LogP contribution in [-0.2, 0) is 31.0 Å². The summed E-state index contributed by atoms with van der Waals surface area (Å²) < 4.78 is 4.49. The molecule has 0 aliphatic carbocycles. The molecular weight excluding hydrogens is 454 g/mol. The molecule has 182 valence electrons. The average Bonchev–Trinajstić information content (AvgIpc) is 3.23. The van der Waals surface area contributed by atoms with Crippen LogP contribution in [0.1, 0.15) is 32.3 Å². The summed E-state index contributed by atoms with van der Waals surface area (Å²) in [4.78, 5) is 40.5. The number of carbonyl (C=O) groups is 1. The summed E-state index contributed by atoms with van der Waals surface area (Å²) >= 11 is 6.09. The third-order valence-corrected chi connectivity index (χ3v) is 6.90. The zero-order chi connectivity index (χ0) is 24.2. The maximum absolute atomic E-state index is 12.7. The number of hydrogen-bond donors (Lipinski definition) is 1. The van der Waals surface area contributed by atoms with E-state index in [0.717, 1.165) is 37.5 Å². The highest BCUT2D eigenvalue weighted by Gasteiger charge is 2.21. The Morgan fingerprint density at radius 3 is 2.50 bits per heavy atom. The Morgan fingerprint density at radius 1 is 1.09 bits per heavy atom. The minimum Gasteiger partial charge on any atom is -0.354 e. The zero-order valence-corrected chi connectivity index (χ0v) is 20.6. The highest BCUT2D eigenvalue weighted by Crippen LogP contribution is 2.20. The Kier molecular flexibility index (Phi) is 7.58. The van der Waals surface area contributed by atoms with E-state index in [-0.39, 0.29) is 23.7 Å². The number of amides is 1. The van der Waals surface area contributed by atoms with Gasteiger partial charge in [0.15, 0.2) is 0 Å². The third-order valence-electron chi connectivity index (χ3n) is 6.66. The monoisotopic (exact) mass is 485 g/mol. The lowest BCUT2D eigenvalue weighted by atomic mass is 9.96. The quantitative estimate of drug-likeness (QED) is 0.532. The summed E-state index contributed by atoms with van der Waals surface area (Å²) in [5, 5.41) is 4.27. The van der Waals surface area contributed by atoms with Gasteiger partial charge in [-0.2, -0.15) is 0 Å². The van der Waals surface area contributed by atoms with E-state index in [2.05, 4.69) is 16.3 Å². The lowest BCUT2D eigenvalue weighted by Gasteiger charge is -2.32. The van der Waals surface area contributed by atoms with Crippen LogP contribution in [-0.4, -0.2) is 44.1 Å². The number of nitrogens with one attached hydrogen (secondary N) is 1. The summed E-state index contributed by atoms with van der Waals surface area (Å²) in [6, 6.07) is 9.66. The van der Waals surface area contributed by atoms with Crippen molar-refractivity contribution in [3.05, 3.63) is 68.0 Å². The van der Waals surface area contributed by atoms with Gasteiger partial charge in [-0.15, -0.1) is 0 Å². The van der Waals surface area contributed by atoms with E-state index in [1.54, 1.807) is 28.3 Å². The molecule has 2 aromatic heterocycles. The average molecular weight is 486 g/mol. The van der Waals surface area contributed by atoms with Crippen LogP contribution >= 0.6 is 11.6 Å². The van der Waals surface area contributed by atoms with Gasteiger partial charge in [0.05, 0.1) is 5.39 Å². The molecule has 9 heteroatoms. The van der Waals surface area contributed by atoms with Gasteiger partial charge in [-0.25, -0.2) is 4.79 Å². The van der Waals surface area contributed by atoms with Gasteiger partial charge in [0, 0.05) is 37.4 Å². The van der Waals surface area contributed by atoms with Crippen molar-refractivity contribution in [1.29, 1.82) is 0 Å². The lowest BCUT2D eigenvalue weighted by Crippen LogP contribution is -2.40. The lowest BCUT2D eigenvalue weighted by molar-refractivity contribution is -0.121. The van der Waals surface area contributed by atoms with Gasteiger partial charge in [0.25, 0.3) is 5.56 Å². The van der Waals surface area contributed by atoms with Crippen molar-refractivity contribution in [1.82, 2.24) is 23.9 Å². The molecule has 34 heavy (non-hydrogen) atoms. The van der Waals surface area contributed by atoms with Crippen molar-refractivity contribution in [2.45, 2.75) is 52.9 Å². The van der Waals surface area contributed by atoms with E-state index in [0.29, 0.717) is 36.6 Å². The number of halogens is 1. The Hall–Kier alpha value is -2.84. The Bertz CT molecular complexity index is 1280. The van der Waals surface area contributed by atoms with Crippen LogP contribution in [0, 0.1) is 5.92 Å². The fourth-order valence-corrected chi connectivity index (χ4v) is 5.02. The number of fused-ring (bicyclic) bond motifs is 1. The molecule has 3 aromatic rings. The molecule has 1 amide bonds. The van der Waals surface area contributed by atoms with Crippen molar-refractivity contribution in [2.24, 2.45) is 5.92 Å². The predicted octanol–water partition coefficient (Wildman–Crippen LogP) is 2.69. The molecule has 1 saturated heterocycles. The van der Waals surface area contributed by atoms with Crippen molar-refractivity contribution in [3.8, 4) is 0 Å². The Morgan fingerprint density at radius 2 is 1.82 bits per heavy atom. The second-order valence-electron chi connectivity index (χ2n) is 8.91. The van der Waals surface area contributed by atoms with E-state index in [4.69, 9.17) is 11.6 Å². The molecule has 1 fully saturated rings. The minimum atomic E-state index is -0.340. The predicted molar refractivity (Wildman–Crippen MR) is 134 cm³/mol. The van der Waals surface area contributed by atoms with E-state index >= 15 is 0 Å². The largest absolute Gasteiger partial charge is 0.354 e. The maximum atomic E-state index is 12.7. The highest BCUT2D eigenvalue weighted by molar-refractivity contribution is 6.30. The topological polar surface area (TPSA) is 81.3 Å². The van der Waals surface area contributed by atoms with Crippen LogP contribution in [0.2, 0.25) is 5.02 Å². The van der Waals surface area contributed by atoms with Crippen molar-refractivity contribution >= 4 is 28.5 Å². The normalized spacial score (nSPS) is 15.1. The number of aromatic nitrogens is 3. The molecule has 0 unspecified atom stereocenters.